The Morgan fingerprint density at radius 3 is 2.78 bits per heavy atom. The molecule has 0 radical (unpaired) electrons. The summed E-state index contributed by atoms with van der Waals surface area (Å²) < 4.78 is 8.15. The first-order chi connectivity index (χ1) is 13.1. The lowest BCUT2D eigenvalue weighted by atomic mass is 10.1. The van der Waals surface area contributed by atoms with Crippen LogP contribution in [0.2, 0.25) is 0 Å². The maximum atomic E-state index is 12.6. The third-order valence-corrected chi connectivity index (χ3v) is 5.55. The summed E-state index contributed by atoms with van der Waals surface area (Å²) >= 11 is 5.01. The van der Waals surface area contributed by atoms with Gasteiger partial charge in [0.2, 0.25) is 0 Å². The van der Waals surface area contributed by atoms with E-state index < -0.39 is 5.97 Å². The van der Waals surface area contributed by atoms with E-state index in [9.17, 15) is 10.1 Å². The lowest BCUT2D eigenvalue weighted by Gasteiger charge is -2.10. The van der Waals surface area contributed by atoms with Gasteiger partial charge < -0.3 is 4.74 Å². The Balaban J connectivity index is 1.71. The largest absolute Gasteiger partial charge is 0.461 e. The van der Waals surface area contributed by atoms with Crippen molar-refractivity contribution in [2.75, 3.05) is 6.61 Å². The third kappa shape index (κ3) is 4.65. The van der Waals surface area contributed by atoms with E-state index in [-0.39, 0.29) is 12.5 Å². The van der Waals surface area contributed by atoms with Gasteiger partial charge in [0.05, 0.1) is 29.6 Å². The van der Waals surface area contributed by atoms with Crippen molar-refractivity contribution in [1.82, 2.24) is 9.78 Å². The molecule has 2 aromatic heterocycles. The monoisotopic (exact) mass is 443 g/mol. The van der Waals surface area contributed by atoms with Crippen LogP contribution in [0, 0.1) is 17.2 Å². The fourth-order valence-corrected chi connectivity index (χ4v) is 3.81. The molecule has 0 aliphatic carbocycles. The number of nitrogens with zero attached hydrogens (tertiary/aromatic N) is 3. The molecule has 0 amide bonds. The number of thiophene rings is 1. The number of esters is 1. The summed E-state index contributed by atoms with van der Waals surface area (Å²) in [6.07, 6.45) is 2.75. The van der Waals surface area contributed by atoms with Crippen molar-refractivity contribution in [2.24, 2.45) is 5.92 Å². The molecule has 5 nitrogen and oxygen atoms in total. The number of hydrogen-bond acceptors (Lipinski definition) is 5. The maximum Gasteiger partial charge on any atom is 0.341 e. The first-order valence-corrected chi connectivity index (χ1v) is 10.2. The van der Waals surface area contributed by atoms with Crippen LogP contribution in [0.1, 0.15) is 27.9 Å². The Labute approximate surface area is 170 Å². The van der Waals surface area contributed by atoms with Crippen LogP contribution < -0.4 is 0 Å². The van der Waals surface area contributed by atoms with Crippen molar-refractivity contribution in [3.8, 4) is 11.8 Å². The van der Waals surface area contributed by atoms with Gasteiger partial charge in [-0.25, -0.2) is 9.48 Å². The average Bonchev–Trinajstić information content (AvgIpc) is 3.34. The highest BCUT2D eigenvalue weighted by Gasteiger charge is 2.20. The zero-order valence-corrected chi connectivity index (χ0v) is 17.2. The highest BCUT2D eigenvalue weighted by molar-refractivity contribution is 9.10. The van der Waals surface area contributed by atoms with Gasteiger partial charge >= 0.3 is 5.97 Å². The van der Waals surface area contributed by atoms with Crippen molar-refractivity contribution in [1.29, 1.82) is 5.26 Å². The average molecular weight is 444 g/mol. The fourth-order valence-electron chi connectivity index (χ4n) is 2.76. The Hall–Kier alpha value is -2.43. The molecule has 0 aliphatic heterocycles. The molecule has 0 fully saturated rings. The Kier molecular flexibility index (Phi) is 6.43. The molecule has 1 atom stereocenters. The molecule has 1 aromatic carbocycles. The quantitative estimate of drug-likeness (QED) is 0.491. The van der Waals surface area contributed by atoms with Gasteiger partial charge in [-0.15, -0.1) is 11.3 Å². The van der Waals surface area contributed by atoms with Crippen LogP contribution in [0.15, 0.2) is 52.4 Å². The second kappa shape index (κ2) is 8.98. The van der Waals surface area contributed by atoms with Crippen LogP contribution in [0.3, 0.4) is 0 Å². The van der Waals surface area contributed by atoms with Crippen molar-refractivity contribution in [2.45, 2.75) is 19.8 Å². The maximum absolute atomic E-state index is 12.6. The SMILES string of the molecule is CCc1c(C(=O)OCC(C#N)Cc2cccs2)cnn1-c1ccc(Br)cc1. The minimum atomic E-state index is -0.443. The van der Waals surface area contributed by atoms with Crippen LogP contribution in [0.25, 0.3) is 5.69 Å². The van der Waals surface area contributed by atoms with Crippen LogP contribution in [-0.4, -0.2) is 22.4 Å². The van der Waals surface area contributed by atoms with E-state index in [1.807, 2.05) is 48.7 Å². The molecule has 0 aliphatic rings. The first-order valence-electron chi connectivity index (χ1n) is 8.54. The van der Waals surface area contributed by atoms with Crippen molar-refractivity contribution >= 4 is 33.2 Å². The predicted octanol–water partition coefficient (Wildman–Crippen LogP) is 4.80. The number of ether oxygens (including phenoxy) is 1. The molecular weight excluding hydrogens is 426 g/mol. The number of hydrogen-bond donors (Lipinski definition) is 0. The van der Waals surface area contributed by atoms with E-state index in [1.54, 1.807) is 16.0 Å². The fraction of sp³-hybridized carbons (Fsp3) is 0.250. The smallest absolute Gasteiger partial charge is 0.341 e. The van der Waals surface area contributed by atoms with Crippen molar-refractivity contribution < 1.29 is 9.53 Å². The molecule has 3 aromatic rings. The third-order valence-electron chi connectivity index (χ3n) is 4.12. The van der Waals surface area contributed by atoms with Gasteiger partial charge in [0.1, 0.15) is 12.2 Å². The number of carbonyl (C=O) groups is 1. The number of halogens is 1. The number of aromatic nitrogens is 2. The van der Waals surface area contributed by atoms with E-state index in [0.29, 0.717) is 18.4 Å². The standard InChI is InChI=1S/C20H18BrN3O2S/c1-2-19-18(12-23-24(19)16-7-5-15(21)6-8-16)20(25)26-13-14(11-22)10-17-4-3-9-27-17/h3-9,12,14H,2,10,13H2,1H3. The topological polar surface area (TPSA) is 67.9 Å². The lowest BCUT2D eigenvalue weighted by Crippen LogP contribution is -2.16. The Bertz CT molecular complexity index is 943. The first kappa shape index (κ1) is 19.3. The summed E-state index contributed by atoms with van der Waals surface area (Å²) in [6, 6.07) is 13.9. The molecule has 27 heavy (non-hydrogen) atoms. The zero-order valence-electron chi connectivity index (χ0n) is 14.8. The summed E-state index contributed by atoms with van der Waals surface area (Å²) in [5.41, 5.74) is 2.10. The van der Waals surface area contributed by atoms with Gasteiger partial charge in [0.25, 0.3) is 0 Å². The number of carbonyl (C=O) groups excluding carboxylic acids is 1. The Morgan fingerprint density at radius 2 is 2.15 bits per heavy atom. The van der Waals surface area contributed by atoms with Gasteiger partial charge in [0.15, 0.2) is 0 Å². The highest BCUT2D eigenvalue weighted by Crippen LogP contribution is 2.20. The van der Waals surface area contributed by atoms with E-state index in [1.165, 1.54) is 6.20 Å². The van der Waals surface area contributed by atoms with Gasteiger partial charge in [-0.1, -0.05) is 28.9 Å². The molecule has 2 heterocycles. The van der Waals surface area contributed by atoms with Crippen molar-refractivity contribution in [3.63, 3.8) is 0 Å². The van der Waals surface area contributed by atoms with E-state index in [2.05, 4.69) is 27.1 Å². The highest BCUT2D eigenvalue weighted by atomic mass is 79.9. The second-order valence-electron chi connectivity index (χ2n) is 5.95. The molecule has 0 saturated carbocycles. The summed E-state index contributed by atoms with van der Waals surface area (Å²) in [5, 5.41) is 15.7. The Morgan fingerprint density at radius 1 is 1.37 bits per heavy atom. The van der Waals surface area contributed by atoms with Crippen LogP contribution in [0.5, 0.6) is 0 Å². The van der Waals surface area contributed by atoms with Crippen LogP contribution in [-0.2, 0) is 17.6 Å². The number of benzene rings is 1. The van der Waals surface area contributed by atoms with Crippen LogP contribution >= 0.6 is 27.3 Å². The summed E-state index contributed by atoms with van der Waals surface area (Å²) in [4.78, 5) is 13.7. The molecular formula is C20H18BrN3O2S. The van der Waals surface area contributed by atoms with Gasteiger partial charge in [-0.2, -0.15) is 10.4 Å². The number of nitriles is 1. The van der Waals surface area contributed by atoms with Gasteiger partial charge in [-0.05, 0) is 42.1 Å². The minimum absolute atomic E-state index is 0.0693. The normalized spacial score (nSPS) is 11.7. The molecule has 138 valence electrons. The van der Waals surface area contributed by atoms with Crippen LogP contribution in [0.4, 0.5) is 0 Å². The molecule has 0 N–H and O–H groups in total. The van der Waals surface area contributed by atoms with Crippen molar-refractivity contribution in [3.05, 3.63) is 68.6 Å². The van der Waals surface area contributed by atoms with E-state index in [4.69, 9.17) is 4.74 Å². The van der Waals surface area contributed by atoms with E-state index >= 15 is 0 Å². The van der Waals surface area contributed by atoms with Gasteiger partial charge in [0, 0.05) is 15.8 Å². The summed E-state index contributed by atoms with van der Waals surface area (Å²) in [5.74, 6) is -0.805. The molecule has 0 bridgehead atoms. The van der Waals surface area contributed by atoms with Gasteiger partial charge in [-0.3, -0.25) is 0 Å². The second-order valence-corrected chi connectivity index (χ2v) is 7.90. The zero-order chi connectivity index (χ0) is 19.2. The predicted molar refractivity (Wildman–Crippen MR) is 108 cm³/mol. The minimum Gasteiger partial charge on any atom is -0.461 e. The summed E-state index contributed by atoms with van der Waals surface area (Å²) in [7, 11) is 0. The lowest BCUT2D eigenvalue weighted by molar-refractivity contribution is 0.0467. The number of rotatable bonds is 7. The van der Waals surface area contributed by atoms with E-state index in [0.717, 1.165) is 20.7 Å². The summed E-state index contributed by atoms with van der Waals surface area (Å²) in [6.45, 7) is 2.04. The molecule has 0 spiro atoms. The molecule has 3 rings (SSSR count). The molecule has 0 saturated heterocycles. The molecule has 1 unspecified atom stereocenters. The molecule has 7 heteroatoms.